The molecule has 10 heteroatoms. The maximum Gasteiger partial charge on any atom is 0.142 e. The molecular weight excluding hydrogens is 702 g/mol. The van der Waals surface area contributed by atoms with E-state index in [0.717, 1.165) is 133 Å². The molecule has 0 unspecified atom stereocenters. The van der Waals surface area contributed by atoms with Crippen molar-refractivity contribution in [3.63, 3.8) is 0 Å². The van der Waals surface area contributed by atoms with E-state index in [0.29, 0.717) is 30.5 Å². The Morgan fingerprint density at radius 2 is 1.46 bits per heavy atom. The van der Waals surface area contributed by atoms with Gasteiger partial charge in [0.15, 0.2) is 0 Å². The molecule has 3 aromatic rings. The Kier molecular flexibility index (Phi) is 13.7. The second kappa shape index (κ2) is 18.8. The van der Waals surface area contributed by atoms with Gasteiger partial charge in [0.2, 0.25) is 0 Å². The molecule has 2 saturated heterocycles. The second-order valence-corrected chi connectivity index (χ2v) is 16.3. The number of fused-ring (bicyclic) bond motifs is 1. The fourth-order valence-corrected chi connectivity index (χ4v) is 9.07. The molecule has 1 saturated carbocycles. The van der Waals surface area contributed by atoms with E-state index < -0.39 is 0 Å². The molecule has 2 heterocycles. The zero-order valence-electron chi connectivity index (χ0n) is 32.0. The van der Waals surface area contributed by atoms with Gasteiger partial charge >= 0.3 is 0 Å². The molecule has 7 rings (SSSR count). The van der Waals surface area contributed by atoms with Crippen LogP contribution in [0.5, 0.6) is 17.2 Å². The Bertz CT molecular complexity index is 1680. The zero-order chi connectivity index (χ0) is 37.4. The van der Waals surface area contributed by atoms with Crippen LogP contribution in [0.25, 0.3) is 11.1 Å². The lowest BCUT2D eigenvalue weighted by atomic mass is 9.92. The molecule has 54 heavy (non-hydrogen) atoms. The van der Waals surface area contributed by atoms with E-state index in [1.807, 2.05) is 12.1 Å². The van der Waals surface area contributed by atoms with E-state index in [1.165, 1.54) is 22.3 Å². The number of hydrogen-bond acceptors (Lipinski definition) is 9. The summed E-state index contributed by atoms with van der Waals surface area (Å²) in [6.45, 7) is 9.37. The van der Waals surface area contributed by atoms with Gasteiger partial charge in [-0.25, -0.2) is 0 Å². The van der Waals surface area contributed by atoms with Crippen molar-refractivity contribution in [3.8, 4) is 28.4 Å². The van der Waals surface area contributed by atoms with Crippen molar-refractivity contribution < 1.29 is 29.5 Å². The highest BCUT2D eigenvalue weighted by Crippen LogP contribution is 2.44. The first kappa shape index (κ1) is 39.3. The fraction of sp³-hybridized carbons (Fsp3) is 0.591. The molecule has 294 valence electrons. The van der Waals surface area contributed by atoms with Crippen LogP contribution in [0.4, 0.5) is 0 Å². The number of β-amino-alcohol motifs (C(OH)–C–C–N with tert-alkyl or cyclic N) is 1. The summed E-state index contributed by atoms with van der Waals surface area (Å²) in [6, 6.07) is 16.8. The van der Waals surface area contributed by atoms with E-state index in [2.05, 4.69) is 58.4 Å². The zero-order valence-corrected chi connectivity index (χ0v) is 32.7. The number of aliphatic hydroxyl groups excluding tert-OH is 3. The average Bonchev–Trinajstić information content (AvgIpc) is 3.79. The van der Waals surface area contributed by atoms with Gasteiger partial charge in [-0.3, -0.25) is 0 Å². The van der Waals surface area contributed by atoms with Crippen LogP contribution < -0.4 is 19.5 Å². The number of likely N-dealkylation sites (tertiary alicyclic amines) is 2. The number of piperidine rings is 1. The van der Waals surface area contributed by atoms with Crippen LogP contribution in [0.15, 0.2) is 48.5 Å². The molecule has 0 amide bonds. The van der Waals surface area contributed by atoms with Crippen molar-refractivity contribution in [1.29, 1.82) is 0 Å². The van der Waals surface area contributed by atoms with Crippen LogP contribution >= 0.6 is 11.6 Å². The second-order valence-electron chi connectivity index (χ2n) is 15.9. The van der Waals surface area contributed by atoms with E-state index in [-0.39, 0.29) is 30.5 Å². The van der Waals surface area contributed by atoms with Crippen LogP contribution in [0.2, 0.25) is 5.02 Å². The average molecular weight is 762 g/mol. The Morgan fingerprint density at radius 1 is 0.759 bits per heavy atom. The summed E-state index contributed by atoms with van der Waals surface area (Å²) in [5, 5.41) is 34.5. The Morgan fingerprint density at radius 3 is 2.24 bits per heavy atom. The van der Waals surface area contributed by atoms with Crippen molar-refractivity contribution in [2.75, 3.05) is 52.5 Å². The summed E-state index contributed by atoms with van der Waals surface area (Å²) in [5.41, 5.74) is 7.01. The summed E-state index contributed by atoms with van der Waals surface area (Å²) in [6.07, 6.45) is 9.26. The predicted octanol–water partition coefficient (Wildman–Crippen LogP) is 6.84. The van der Waals surface area contributed by atoms with Gasteiger partial charge in [0, 0.05) is 63.5 Å². The molecule has 2 aliphatic carbocycles. The summed E-state index contributed by atoms with van der Waals surface area (Å²) in [7, 11) is 0. The molecule has 0 bridgehead atoms. The van der Waals surface area contributed by atoms with Gasteiger partial charge in [-0.15, -0.1) is 0 Å². The van der Waals surface area contributed by atoms with Gasteiger partial charge in [-0.05, 0) is 105 Å². The van der Waals surface area contributed by atoms with Crippen LogP contribution in [0.3, 0.4) is 0 Å². The van der Waals surface area contributed by atoms with Crippen molar-refractivity contribution in [3.05, 3.63) is 75.8 Å². The summed E-state index contributed by atoms with van der Waals surface area (Å²) < 4.78 is 19.5. The summed E-state index contributed by atoms with van der Waals surface area (Å²) in [5.74, 6) is 2.30. The number of nitrogens with one attached hydrogen (secondary N) is 1. The van der Waals surface area contributed by atoms with Crippen molar-refractivity contribution >= 4 is 11.6 Å². The summed E-state index contributed by atoms with van der Waals surface area (Å²) in [4.78, 5) is 4.71. The Labute approximate surface area is 326 Å². The Balaban J connectivity index is 1.03. The molecular formula is C44H60ClN3O6. The van der Waals surface area contributed by atoms with E-state index in [4.69, 9.17) is 25.8 Å². The maximum atomic E-state index is 10.6. The minimum atomic E-state index is -0.338. The lowest BCUT2D eigenvalue weighted by Crippen LogP contribution is -2.41. The fourth-order valence-electron chi connectivity index (χ4n) is 8.83. The molecule has 4 atom stereocenters. The number of ether oxygens (including phenoxy) is 3. The van der Waals surface area contributed by atoms with Gasteiger partial charge in [-0.1, -0.05) is 54.8 Å². The number of aliphatic hydroxyl groups is 3. The standard InChI is InChI=1S/C44H60ClN3O6/c1-30-34(8-5-13-41(30)52-24-6-19-47-21-16-32(49)17-22-47)35-9-4-10-37-36(35)14-15-42(37)54-44-27-43(53-25-7-20-48-23-18-33(50)29-48)31(26-38(44)45)28-46-39-11-2-3-12-40(39)51/h4-5,8-10,13,26-27,32-33,39-40,42,46,49-51H,2-3,6-7,11-12,14-25,28-29H2,1H3/t33-,39+,40-,42-/m0/s1. The molecule has 0 spiro atoms. The van der Waals surface area contributed by atoms with Crippen molar-refractivity contribution in [1.82, 2.24) is 15.1 Å². The monoisotopic (exact) mass is 761 g/mol. The van der Waals surface area contributed by atoms with Crippen LogP contribution in [-0.4, -0.2) is 102 Å². The minimum Gasteiger partial charge on any atom is -0.493 e. The van der Waals surface area contributed by atoms with Gasteiger partial charge in [0.05, 0.1) is 36.5 Å². The quantitative estimate of drug-likeness (QED) is 0.117. The van der Waals surface area contributed by atoms with E-state index in [9.17, 15) is 15.3 Å². The van der Waals surface area contributed by atoms with Crippen molar-refractivity contribution in [2.24, 2.45) is 0 Å². The minimum absolute atomic E-state index is 0.0593. The Hall–Kier alpha value is -2.89. The number of halogens is 1. The first-order valence-electron chi connectivity index (χ1n) is 20.5. The van der Waals surface area contributed by atoms with Gasteiger partial charge in [-0.2, -0.15) is 0 Å². The van der Waals surface area contributed by atoms with Gasteiger partial charge in [0.25, 0.3) is 0 Å². The highest BCUT2D eigenvalue weighted by molar-refractivity contribution is 6.32. The van der Waals surface area contributed by atoms with Crippen LogP contribution in [0.1, 0.15) is 92.6 Å². The lowest BCUT2D eigenvalue weighted by molar-refractivity contribution is 0.0800. The predicted molar refractivity (Wildman–Crippen MR) is 214 cm³/mol. The number of rotatable bonds is 16. The first-order chi connectivity index (χ1) is 26.3. The summed E-state index contributed by atoms with van der Waals surface area (Å²) >= 11 is 6.97. The highest BCUT2D eigenvalue weighted by atomic mass is 35.5. The third-order valence-corrected chi connectivity index (χ3v) is 12.3. The third-order valence-electron chi connectivity index (χ3n) is 12.0. The van der Waals surface area contributed by atoms with Crippen molar-refractivity contribution in [2.45, 2.75) is 115 Å². The largest absolute Gasteiger partial charge is 0.493 e. The van der Waals surface area contributed by atoms with Gasteiger partial charge in [0.1, 0.15) is 23.4 Å². The molecule has 0 aromatic heterocycles. The topological polar surface area (TPSA) is 107 Å². The molecule has 2 aliphatic heterocycles. The highest BCUT2D eigenvalue weighted by Gasteiger charge is 2.29. The first-order valence-corrected chi connectivity index (χ1v) is 20.9. The van der Waals surface area contributed by atoms with E-state index in [1.54, 1.807) is 0 Å². The van der Waals surface area contributed by atoms with Crippen LogP contribution in [0, 0.1) is 6.92 Å². The lowest BCUT2D eigenvalue weighted by Gasteiger charge is -2.29. The molecule has 3 aromatic carbocycles. The molecule has 9 nitrogen and oxygen atoms in total. The third kappa shape index (κ3) is 9.91. The van der Waals surface area contributed by atoms with Gasteiger partial charge < -0.3 is 44.6 Å². The molecule has 0 radical (unpaired) electrons. The van der Waals surface area contributed by atoms with Crippen LogP contribution in [-0.2, 0) is 13.0 Å². The molecule has 4 N–H and O–H groups in total. The maximum absolute atomic E-state index is 10.6. The number of nitrogens with zero attached hydrogens (tertiary/aromatic N) is 2. The number of hydrogen-bond donors (Lipinski definition) is 4. The normalized spacial score (nSPS) is 23.8. The SMILES string of the molecule is Cc1c(OCCCN2CCC(O)CC2)cccc1-c1cccc2c1CC[C@@H]2Oc1cc(OCCCN2CC[C@H](O)C2)c(CN[C@@H]2CCCC[C@@H]2O)cc1Cl. The smallest absolute Gasteiger partial charge is 0.142 e. The molecule has 3 fully saturated rings. The molecule has 4 aliphatic rings. The number of benzene rings is 3. The van der Waals surface area contributed by atoms with E-state index >= 15 is 0 Å².